The first kappa shape index (κ1) is 8.63. The van der Waals surface area contributed by atoms with Crippen molar-refractivity contribution in [3.63, 3.8) is 0 Å². The summed E-state index contributed by atoms with van der Waals surface area (Å²) >= 11 is 0. The van der Waals surface area contributed by atoms with Crippen molar-refractivity contribution in [2.24, 2.45) is 5.92 Å². The average molecular weight is 178 g/mol. The van der Waals surface area contributed by atoms with Crippen LogP contribution < -0.4 is 0 Å². The molecule has 2 atom stereocenters. The van der Waals surface area contributed by atoms with Gasteiger partial charge in [0.05, 0.1) is 17.6 Å². The van der Waals surface area contributed by atoms with Gasteiger partial charge in [0, 0.05) is 6.20 Å². The molecular formula is C10H14N2O. The molecule has 1 aliphatic carbocycles. The molecule has 13 heavy (non-hydrogen) atoms. The Kier molecular flexibility index (Phi) is 1.84. The second kappa shape index (κ2) is 2.77. The van der Waals surface area contributed by atoms with E-state index in [9.17, 15) is 5.11 Å². The maximum atomic E-state index is 10.0. The number of aryl methyl sites for hydroxylation is 1. The van der Waals surface area contributed by atoms with E-state index in [4.69, 9.17) is 0 Å². The van der Waals surface area contributed by atoms with Crippen molar-refractivity contribution in [3.05, 3.63) is 23.8 Å². The Morgan fingerprint density at radius 3 is 2.77 bits per heavy atom. The van der Waals surface area contributed by atoms with E-state index < -0.39 is 5.60 Å². The van der Waals surface area contributed by atoms with Gasteiger partial charge in [0.2, 0.25) is 0 Å². The van der Waals surface area contributed by atoms with Crippen molar-refractivity contribution in [1.29, 1.82) is 0 Å². The number of hydrogen-bond donors (Lipinski definition) is 1. The van der Waals surface area contributed by atoms with Gasteiger partial charge < -0.3 is 5.11 Å². The predicted molar refractivity (Wildman–Crippen MR) is 49.1 cm³/mol. The molecule has 1 heterocycles. The number of rotatable bonds is 2. The Morgan fingerprint density at radius 1 is 1.54 bits per heavy atom. The van der Waals surface area contributed by atoms with Crippen LogP contribution in [0.1, 0.15) is 31.2 Å². The standard InChI is InChI=1S/C10H14N2O/c1-3-8-4-10(8,13)9-6-11-7(2)5-12-9/h5-6,8,13H,3-4H2,1-2H3. The normalized spacial score (nSPS) is 31.8. The first-order valence-corrected chi connectivity index (χ1v) is 4.68. The summed E-state index contributed by atoms with van der Waals surface area (Å²) in [6.45, 7) is 3.98. The van der Waals surface area contributed by atoms with Gasteiger partial charge in [0.1, 0.15) is 5.60 Å². The van der Waals surface area contributed by atoms with Crippen LogP contribution in [-0.2, 0) is 5.60 Å². The lowest BCUT2D eigenvalue weighted by molar-refractivity contribution is 0.125. The second-order valence-electron chi connectivity index (χ2n) is 3.78. The Morgan fingerprint density at radius 2 is 2.31 bits per heavy atom. The molecule has 2 unspecified atom stereocenters. The first-order chi connectivity index (χ1) is 6.16. The summed E-state index contributed by atoms with van der Waals surface area (Å²) in [6.07, 6.45) is 5.23. The van der Waals surface area contributed by atoms with E-state index in [-0.39, 0.29) is 0 Å². The highest BCUT2D eigenvalue weighted by Gasteiger charge is 2.54. The third-order valence-corrected chi connectivity index (χ3v) is 2.79. The molecule has 70 valence electrons. The lowest BCUT2D eigenvalue weighted by atomic mass is 10.1. The lowest BCUT2D eigenvalue weighted by Gasteiger charge is -2.08. The summed E-state index contributed by atoms with van der Waals surface area (Å²) < 4.78 is 0. The van der Waals surface area contributed by atoms with Gasteiger partial charge in [-0.3, -0.25) is 9.97 Å². The molecule has 0 aromatic carbocycles. The molecule has 1 fully saturated rings. The van der Waals surface area contributed by atoms with E-state index in [2.05, 4.69) is 16.9 Å². The van der Waals surface area contributed by atoms with Gasteiger partial charge in [0.15, 0.2) is 0 Å². The van der Waals surface area contributed by atoms with Crippen LogP contribution in [0.25, 0.3) is 0 Å². The zero-order valence-corrected chi connectivity index (χ0v) is 7.99. The van der Waals surface area contributed by atoms with Gasteiger partial charge in [0.25, 0.3) is 0 Å². The van der Waals surface area contributed by atoms with Crippen molar-refractivity contribution < 1.29 is 5.11 Å². The Bertz CT molecular complexity index is 309. The summed E-state index contributed by atoms with van der Waals surface area (Å²) in [6, 6.07) is 0. The van der Waals surface area contributed by atoms with Gasteiger partial charge in [-0.25, -0.2) is 0 Å². The second-order valence-corrected chi connectivity index (χ2v) is 3.78. The van der Waals surface area contributed by atoms with Crippen LogP contribution >= 0.6 is 0 Å². The van der Waals surface area contributed by atoms with Crippen molar-refractivity contribution >= 4 is 0 Å². The number of hydrogen-bond acceptors (Lipinski definition) is 3. The van der Waals surface area contributed by atoms with Crippen molar-refractivity contribution in [2.75, 3.05) is 0 Å². The fourth-order valence-electron chi connectivity index (χ4n) is 1.73. The molecule has 3 nitrogen and oxygen atoms in total. The van der Waals surface area contributed by atoms with E-state index in [1.807, 2.05) is 6.92 Å². The van der Waals surface area contributed by atoms with Crippen LogP contribution in [0.2, 0.25) is 0 Å². The van der Waals surface area contributed by atoms with E-state index in [0.717, 1.165) is 24.2 Å². The lowest BCUT2D eigenvalue weighted by Crippen LogP contribution is -2.11. The predicted octanol–water partition coefficient (Wildman–Crippen LogP) is 1.40. The summed E-state index contributed by atoms with van der Waals surface area (Å²) in [5, 5.41) is 10.0. The highest BCUT2D eigenvalue weighted by molar-refractivity contribution is 5.20. The minimum absolute atomic E-state index is 0.379. The fourth-order valence-corrected chi connectivity index (χ4v) is 1.73. The minimum Gasteiger partial charge on any atom is -0.383 e. The van der Waals surface area contributed by atoms with Crippen molar-refractivity contribution in [3.8, 4) is 0 Å². The molecule has 0 radical (unpaired) electrons. The zero-order chi connectivity index (χ0) is 9.47. The van der Waals surface area contributed by atoms with Crippen LogP contribution in [0.5, 0.6) is 0 Å². The van der Waals surface area contributed by atoms with Crippen LogP contribution in [0.15, 0.2) is 12.4 Å². The van der Waals surface area contributed by atoms with E-state index in [1.165, 1.54) is 0 Å². The largest absolute Gasteiger partial charge is 0.383 e. The molecule has 0 amide bonds. The molecule has 3 heteroatoms. The van der Waals surface area contributed by atoms with E-state index >= 15 is 0 Å². The van der Waals surface area contributed by atoms with E-state index in [1.54, 1.807) is 12.4 Å². The van der Waals surface area contributed by atoms with Crippen LogP contribution in [0.3, 0.4) is 0 Å². The van der Waals surface area contributed by atoms with Gasteiger partial charge >= 0.3 is 0 Å². The third kappa shape index (κ3) is 1.33. The van der Waals surface area contributed by atoms with Crippen molar-refractivity contribution in [1.82, 2.24) is 9.97 Å². The Hall–Kier alpha value is -0.960. The third-order valence-electron chi connectivity index (χ3n) is 2.79. The molecule has 1 N–H and O–H groups in total. The van der Waals surface area contributed by atoms with Crippen molar-refractivity contribution in [2.45, 2.75) is 32.3 Å². The summed E-state index contributed by atoms with van der Waals surface area (Å²) in [4.78, 5) is 8.33. The fraction of sp³-hybridized carbons (Fsp3) is 0.600. The summed E-state index contributed by atoms with van der Waals surface area (Å²) in [5.41, 5.74) is 0.945. The summed E-state index contributed by atoms with van der Waals surface area (Å²) in [7, 11) is 0. The molecule has 1 aromatic rings. The van der Waals surface area contributed by atoms with Crippen LogP contribution in [0.4, 0.5) is 0 Å². The molecule has 0 spiro atoms. The number of aliphatic hydroxyl groups is 1. The Labute approximate surface area is 77.8 Å². The maximum Gasteiger partial charge on any atom is 0.111 e. The average Bonchev–Trinajstić information content (AvgIpc) is 2.80. The Balaban J connectivity index is 2.23. The highest BCUT2D eigenvalue weighted by atomic mass is 16.3. The molecule has 2 rings (SSSR count). The van der Waals surface area contributed by atoms with Gasteiger partial charge in [-0.15, -0.1) is 0 Å². The molecule has 1 aromatic heterocycles. The summed E-state index contributed by atoms with van der Waals surface area (Å²) in [5.74, 6) is 0.379. The monoisotopic (exact) mass is 178 g/mol. The topological polar surface area (TPSA) is 46.0 Å². The molecule has 1 saturated carbocycles. The number of aromatic nitrogens is 2. The molecule has 0 bridgehead atoms. The van der Waals surface area contributed by atoms with Gasteiger partial charge in [-0.05, 0) is 19.3 Å². The molecule has 0 saturated heterocycles. The number of nitrogens with zero attached hydrogens (tertiary/aromatic N) is 2. The zero-order valence-electron chi connectivity index (χ0n) is 7.99. The highest BCUT2D eigenvalue weighted by Crippen LogP contribution is 2.52. The molecule has 0 aliphatic heterocycles. The maximum absolute atomic E-state index is 10.0. The first-order valence-electron chi connectivity index (χ1n) is 4.68. The molecule has 1 aliphatic rings. The van der Waals surface area contributed by atoms with E-state index in [0.29, 0.717) is 5.92 Å². The quantitative estimate of drug-likeness (QED) is 0.744. The smallest absolute Gasteiger partial charge is 0.111 e. The van der Waals surface area contributed by atoms with Gasteiger partial charge in [-0.2, -0.15) is 0 Å². The van der Waals surface area contributed by atoms with Crippen LogP contribution in [-0.4, -0.2) is 15.1 Å². The minimum atomic E-state index is -0.671. The van der Waals surface area contributed by atoms with Crippen LogP contribution in [0, 0.1) is 12.8 Å². The SMILES string of the molecule is CCC1CC1(O)c1cnc(C)cn1. The molecular weight excluding hydrogens is 164 g/mol. The van der Waals surface area contributed by atoms with Gasteiger partial charge in [-0.1, -0.05) is 13.3 Å².